The zero-order valence-corrected chi connectivity index (χ0v) is 44.5. The number of pyridine rings is 2. The van der Waals surface area contributed by atoms with Gasteiger partial charge in [0.25, 0.3) is 5.91 Å². The van der Waals surface area contributed by atoms with Crippen LogP contribution in [0.2, 0.25) is 0 Å². The molecule has 6 fully saturated rings. The topological polar surface area (TPSA) is 166 Å². The van der Waals surface area contributed by atoms with E-state index in [0.717, 1.165) is 68.9 Å². The zero-order valence-electron chi connectivity index (χ0n) is 43.6. The first-order chi connectivity index (χ1) is 35.8. The average molecular weight is 1020 g/mol. The van der Waals surface area contributed by atoms with E-state index in [9.17, 15) is 9.59 Å². The second-order valence-corrected chi connectivity index (χ2v) is 22.8. The highest BCUT2D eigenvalue weighted by Crippen LogP contribution is 2.54. The Hall–Kier alpha value is -5.58. The first-order valence-electron chi connectivity index (χ1n) is 26.6. The first kappa shape index (κ1) is 50.6. The molecule has 9 heterocycles. The molecule has 2 aliphatic carbocycles. The Morgan fingerprint density at radius 1 is 1.03 bits per heavy atom. The molecule has 0 unspecified atom stereocenters. The summed E-state index contributed by atoms with van der Waals surface area (Å²) in [6.45, 7) is 18.6. The molecule has 0 radical (unpaired) electrons. The molecule has 8 atom stereocenters. The summed E-state index contributed by atoms with van der Waals surface area (Å²) in [5.41, 5.74) is 11.3. The molecule has 5 aromatic rings. The monoisotopic (exact) mass is 1020 g/mol. The van der Waals surface area contributed by atoms with Crippen LogP contribution in [0.3, 0.4) is 0 Å². The Kier molecular flexibility index (Phi) is 14.3. The zero-order chi connectivity index (χ0) is 51.4. The lowest BCUT2D eigenvalue weighted by molar-refractivity contribution is -0.172. The highest BCUT2D eigenvalue weighted by molar-refractivity contribution is 7.10. The van der Waals surface area contributed by atoms with Crippen molar-refractivity contribution in [3.8, 4) is 34.4 Å². The lowest BCUT2D eigenvalue weighted by Gasteiger charge is -2.53. The number of nitrogens with one attached hydrogen (secondary N) is 2. The molecule has 0 spiro atoms. The molecule has 2 saturated carbocycles. The number of esters is 1. The summed E-state index contributed by atoms with van der Waals surface area (Å²) in [5, 5.41) is 8.82. The summed E-state index contributed by atoms with van der Waals surface area (Å²) in [7, 11) is 1.71. The number of cyclic esters (lactones) is 1. The number of rotatable bonds is 9. The quantitative estimate of drug-likeness (QED) is 0.121. The predicted octanol–water partition coefficient (Wildman–Crippen LogP) is 6.55. The van der Waals surface area contributed by atoms with Gasteiger partial charge >= 0.3 is 5.97 Å². The van der Waals surface area contributed by atoms with Crippen LogP contribution in [0, 0.1) is 35.0 Å². The van der Waals surface area contributed by atoms with Crippen LogP contribution < -0.4 is 10.7 Å². The molecule has 4 aromatic heterocycles. The number of thiazole rings is 1. The average Bonchev–Trinajstić information content (AvgIpc) is 3.69. The minimum atomic E-state index is -1.03. The Morgan fingerprint density at radius 2 is 1.77 bits per heavy atom. The van der Waals surface area contributed by atoms with E-state index in [4.69, 9.17) is 28.9 Å². The number of aryl methyl sites for hydroxylation is 1. The normalized spacial score (nSPS) is 28.0. The number of amides is 2. The summed E-state index contributed by atoms with van der Waals surface area (Å²) in [6.07, 6.45) is 6.92. The van der Waals surface area contributed by atoms with Gasteiger partial charge in [-0.15, -0.1) is 11.3 Å². The van der Waals surface area contributed by atoms with Crippen molar-refractivity contribution in [2.75, 3.05) is 66.3 Å². The molecular formula is C57H69N9O7S. The number of ether oxygens (including phenoxy) is 4. The first-order valence-corrected chi connectivity index (χ1v) is 27.5. The smallest absolute Gasteiger partial charge is 0.325 e. The lowest BCUT2D eigenvalue weighted by Crippen LogP contribution is -2.72. The SMILES string of the molecule is CCn1c(-c2cc(C#C[C@@H](C)N3CCOCC3)cnc2[C@H](C)OC)c2c3cc(ccc31)-c1csc(n1)[C@@H](N1CCOCC1)[C@H](NC(=O)[C@@H]1[C@@H](C)[C@H]1c1ccncc1)C(=O)N1N[C@H](C(=O)OCC(C)(C)C2)C2CC1C2. The number of hydrazine groups is 1. The Labute approximate surface area is 437 Å². The lowest BCUT2D eigenvalue weighted by atomic mass is 9.73. The van der Waals surface area contributed by atoms with Crippen molar-refractivity contribution < 1.29 is 33.3 Å². The van der Waals surface area contributed by atoms with Gasteiger partial charge in [-0.1, -0.05) is 38.7 Å². The molecule has 7 aliphatic rings. The number of carbonyl (C=O) groups excluding carboxylic acids is 3. The van der Waals surface area contributed by atoms with Crippen LogP contribution in [0.5, 0.6) is 0 Å². The summed E-state index contributed by atoms with van der Waals surface area (Å²) >= 11 is 1.50. The highest BCUT2D eigenvalue weighted by Gasteiger charge is 2.56. The van der Waals surface area contributed by atoms with Crippen LogP contribution in [0.4, 0.5) is 0 Å². The molecule has 5 aliphatic heterocycles. The number of hydrogen-bond donors (Lipinski definition) is 2. The number of morpholine rings is 2. The van der Waals surface area contributed by atoms with Crippen LogP contribution in [-0.4, -0.2) is 143 Å². The molecule has 390 valence electrons. The maximum atomic E-state index is 15.5. The number of carbonyl (C=O) groups is 3. The van der Waals surface area contributed by atoms with Crippen molar-refractivity contribution in [2.45, 2.75) is 110 Å². The molecule has 2 N–H and O–H groups in total. The maximum absolute atomic E-state index is 15.5. The van der Waals surface area contributed by atoms with Crippen molar-refractivity contribution in [1.82, 2.24) is 45.1 Å². The van der Waals surface area contributed by atoms with Crippen molar-refractivity contribution in [2.24, 2.45) is 23.2 Å². The third-order valence-electron chi connectivity index (χ3n) is 16.6. The van der Waals surface area contributed by atoms with Gasteiger partial charge in [-0.2, -0.15) is 0 Å². The molecule has 17 heteroatoms. The third-order valence-corrected chi connectivity index (χ3v) is 17.5. The number of benzene rings is 1. The van der Waals surface area contributed by atoms with E-state index in [-0.39, 0.29) is 60.3 Å². The molecule has 16 nitrogen and oxygen atoms in total. The van der Waals surface area contributed by atoms with Gasteiger partial charge in [0.05, 0.1) is 68.3 Å². The second kappa shape index (κ2) is 20.9. The van der Waals surface area contributed by atoms with E-state index in [2.05, 4.69) is 106 Å². The van der Waals surface area contributed by atoms with Gasteiger partial charge in [-0.05, 0) is 99.2 Å². The second-order valence-electron chi connectivity index (χ2n) is 21.9. The summed E-state index contributed by atoms with van der Waals surface area (Å²) in [6, 6.07) is 10.2. The number of fused-ring (bicyclic) bond motifs is 4. The summed E-state index contributed by atoms with van der Waals surface area (Å²) < 4.78 is 26.2. The minimum Gasteiger partial charge on any atom is -0.464 e. The number of hydrogen-bond acceptors (Lipinski definition) is 14. The predicted molar refractivity (Wildman–Crippen MR) is 282 cm³/mol. The minimum absolute atomic E-state index is 0.00523. The van der Waals surface area contributed by atoms with Crippen molar-refractivity contribution in [1.29, 1.82) is 0 Å². The largest absolute Gasteiger partial charge is 0.464 e. The van der Waals surface area contributed by atoms with E-state index >= 15 is 4.79 Å². The molecular weight excluding hydrogens is 955 g/mol. The van der Waals surface area contributed by atoms with Gasteiger partial charge in [0.15, 0.2) is 0 Å². The van der Waals surface area contributed by atoms with Crippen LogP contribution in [0.15, 0.2) is 60.4 Å². The van der Waals surface area contributed by atoms with Gasteiger partial charge in [0, 0.05) is 109 Å². The summed E-state index contributed by atoms with van der Waals surface area (Å²) in [4.78, 5) is 64.0. The third kappa shape index (κ3) is 9.67. The van der Waals surface area contributed by atoms with Gasteiger partial charge in [-0.25, -0.2) is 10.4 Å². The maximum Gasteiger partial charge on any atom is 0.325 e. The van der Waals surface area contributed by atoms with E-state index in [1.165, 1.54) is 11.3 Å². The number of methoxy groups -OCH3 is 1. The molecule has 74 heavy (non-hydrogen) atoms. The van der Waals surface area contributed by atoms with Crippen molar-refractivity contribution >= 4 is 40.0 Å². The van der Waals surface area contributed by atoms with Crippen LogP contribution in [0.25, 0.3) is 33.4 Å². The molecule has 2 amide bonds. The van der Waals surface area contributed by atoms with Gasteiger partial charge < -0.3 is 28.8 Å². The van der Waals surface area contributed by atoms with E-state index in [0.29, 0.717) is 70.3 Å². The standard InChI is InChI=1S/C57H69N9O7S/c1-8-65-45-12-11-38-28-41(45)43(51(65)42-25-36(30-59-48(42)35(4)70-7)10-9-33(2)63-17-21-71-22-18-63)29-57(5,6)32-73-56(69)49-39-26-40(27-39)66(62-49)55(68)50(52(54-60-44(38)31-74-54)64-19-23-72-24-20-64)61-53(67)47-34(3)46(47)37-13-15-58-16-14-37/h11-16,25,28,30-31,33-35,39-40,46-47,49-50,52,62H,8,17-24,26-27,29,32H2,1-7H3,(H,61,67)/t33-,34+,35+,39?,40?,46+,47-,49+,50+,52+/m1/s1. The summed E-state index contributed by atoms with van der Waals surface area (Å²) in [5.74, 6) is 5.89. The number of aromatic nitrogens is 4. The number of nitrogens with zero attached hydrogens (tertiary/aromatic N) is 7. The fourth-order valence-corrected chi connectivity index (χ4v) is 13.2. The Morgan fingerprint density at radius 3 is 2.50 bits per heavy atom. The van der Waals surface area contributed by atoms with Crippen LogP contribution in [0.1, 0.15) is 99.8 Å². The van der Waals surface area contributed by atoms with Crippen LogP contribution in [-0.2, 0) is 46.3 Å². The molecule has 4 saturated heterocycles. The molecule has 12 rings (SSSR count). The highest BCUT2D eigenvalue weighted by atomic mass is 32.1. The van der Waals surface area contributed by atoms with E-state index < -0.39 is 29.5 Å². The van der Waals surface area contributed by atoms with E-state index in [1.54, 1.807) is 24.5 Å². The Bertz CT molecular complexity index is 2970. The fraction of sp³-hybridized carbons (Fsp3) is 0.544. The fourth-order valence-electron chi connectivity index (χ4n) is 12.2. The van der Waals surface area contributed by atoms with Crippen molar-refractivity contribution in [3.05, 3.63) is 87.8 Å². The van der Waals surface area contributed by atoms with Crippen LogP contribution >= 0.6 is 11.3 Å². The van der Waals surface area contributed by atoms with Gasteiger partial charge in [0.2, 0.25) is 5.91 Å². The molecule has 8 bridgehead atoms. The van der Waals surface area contributed by atoms with Gasteiger partial charge in [0.1, 0.15) is 17.1 Å². The van der Waals surface area contributed by atoms with Crippen molar-refractivity contribution in [3.63, 3.8) is 0 Å². The van der Waals surface area contributed by atoms with E-state index in [1.807, 2.05) is 25.3 Å². The van der Waals surface area contributed by atoms with Gasteiger partial charge in [-0.3, -0.25) is 39.2 Å². The Balaban J connectivity index is 1.04. The molecule has 1 aromatic carbocycles.